The molecule has 2 aromatic rings. The zero-order valence-corrected chi connectivity index (χ0v) is 12.7. The number of rotatable bonds is 4. The third-order valence-electron chi connectivity index (χ3n) is 2.94. The third kappa shape index (κ3) is 2.46. The highest BCUT2D eigenvalue weighted by Gasteiger charge is 2.18. The average Bonchev–Trinajstić information content (AvgIpc) is 2.78. The first-order valence-electron chi connectivity index (χ1n) is 5.78. The van der Waals surface area contributed by atoms with Crippen molar-refractivity contribution in [2.24, 2.45) is 5.73 Å². The summed E-state index contributed by atoms with van der Waals surface area (Å²) in [5, 5.41) is 7.23. The van der Waals surface area contributed by atoms with Gasteiger partial charge in [-0.2, -0.15) is 5.10 Å². The van der Waals surface area contributed by atoms with Crippen molar-refractivity contribution in [1.82, 2.24) is 10.2 Å². The van der Waals surface area contributed by atoms with E-state index >= 15 is 0 Å². The van der Waals surface area contributed by atoms with Gasteiger partial charge < -0.3 is 15.2 Å². The van der Waals surface area contributed by atoms with Gasteiger partial charge in [0.2, 0.25) is 0 Å². The van der Waals surface area contributed by atoms with Gasteiger partial charge in [0.1, 0.15) is 17.2 Å². The fraction of sp³-hybridized carbons (Fsp3) is 0.308. The molecule has 0 atom stereocenters. The number of hydrogen-bond acceptors (Lipinski definition) is 4. The molecule has 0 saturated carbocycles. The highest BCUT2D eigenvalue weighted by Crippen LogP contribution is 2.39. The van der Waals surface area contributed by atoms with Gasteiger partial charge in [-0.15, -0.1) is 0 Å². The molecule has 0 fully saturated rings. The van der Waals surface area contributed by atoms with Crippen LogP contribution in [0.5, 0.6) is 11.5 Å². The molecule has 3 N–H and O–H groups in total. The minimum Gasteiger partial charge on any atom is -0.497 e. The van der Waals surface area contributed by atoms with Gasteiger partial charge in [0.25, 0.3) is 0 Å². The minimum absolute atomic E-state index is 0.394. The second-order valence-electron chi connectivity index (χ2n) is 4.09. The Kier molecular flexibility index (Phi) is 4.11. The first-order valence-corrected chi connectivity index (χ1v) is 6.57. The Morgan fingerprint density at radius 3 is 2.58 bits per heavy atom. The molecule has 0 aliphatic heterocycles. The molecular formula is C13H16BrN3O2. The molecular weight excluding hydrogens is 310 g/mol. The second-order valence-corrected chi connectivity index (χ2v) is 4.88. The molecule has 19 heavy (non-hydrogen) atoms. The number of methoxy groups -OCH3 is 2. The van der Waals surface area contributed by atoms with E-state index in [2.05, 4.69) is 26.1 Å². The van der Waals surface area contributed by atoms with Crippen LogP contribution < -0.4 is 15.2 Å². The Labute approximate surface area is 120 Å². The molecule has 6 heteroatoms. The number of aryl methyl sites for hydroxylation is 1. The molecule has 1 heterocycles. The van der Waals surface area contributed by atoms with Crippen molar-refractivity contribution in [2.75, 3.05) is 14.2 Å². The first kappa shape index (κ1) is 13.9. The highest BCUT2D eigenvalue weighted by atomic mass is 79.9. The van der Waals surface area contributed by atoms with Crippen molar-refractivity contribution >= 4 is 15.9 Å². The van der Waals surface area contributed by atoms with Crippen molar-refractivity contribution in [3.8, 4) is 22.8 Å². The molecule has 0 spiro atoms. The van der Waals surface area contributed by atoms with Crippen LogP contribution in [0.1, 0.15) is 11.3 Å². The zero-order valence-electron chi connectivity index (χ0n) is 11.1. The lowest BCUT2D eigenvalue weighted by atomic mass is 10.0. The lowest BCUT2D eigenvalue weighted by Crippen LogP contribution is -1.97. The summed E-state index contributed by atoms with van der Waals surface area (Å²) in [5.74, 6) is 1.47. The summed E-state index contributed by atoms with van der Waals surface area (Å²) in [6.45, 7) is 2.38. The number of H-pyrrole nitrogens is 1. The molecule has 0 aliphatic rings. The number of nitrogens with one attached hydrogen (secondary N) is 1. The van der Waals surface area contributed by atoms with Crippen LogP contribution in [0.2, 0.25) is 0 Å². The summed E-state index contributed by atoms with van der Waals surface area (Å²) in [7, 11) is 3.26. The number of halogens is 1. The number of nitrogens with two attached hydrogens (primary N) is 1. The standard InChI is InChI=1S/C13H16BrN3O2/c1-7-4-8(18-2)5-10(19-3)11(7)13-12(14)9(6-15)16-17-13/h4-5H,6,15H2,1-3H3,(H,16,17). The summed E-state index contributed by atoms with van der Waals surface area (Å²) in [6.07, 6.45) is 0. The van der Waals surface area contributed by atoms with E-state index in [1.165, 1.54) is 0 Å². The van der Waals surface area contributed by atoms with Crippen molar-refractivity contribution < 1.29 is 9.47 Å². The maximum Gasteiger partial charge on any atom is 0.132 e. The van der Waals surface area contributed by atoms with E-state index < -0.39 is 0 Å². The monoisotopic (exact) mass is 325 g/mol. The zero-order chi connectivity index (χ0) is 14.0. The maximum atomic E-state index is 5.64. The molecule has 0 radical (unpaired) electrons. The SMILES string of the molecule is COc1cc(C)c(-c2n[nH]c(CN)c2Br)c(OC)c1. The van der Waals surface area contributed by atoms with E-state index in [-0.39, 0.29) is 0 Å². The van der Waals surface area contributed by atoms with Crippen LogP contribution in [0.15, 0.2) is 16.6 Å². The number of aromatic nitrogens is 2. The van der Waals surface area contributed by atoms with Crippen molar-refractivity contribution in [1.29, 1.82) is 0 Å². The Morgan fingerprint density at radius 1 is 1.32 bits per heavy atom. The minimum atomic E-state index is 0.394. The molecule has 0 aliphatic carbocycles. The normalized spacial score (nSPS) is 10.6. The van der Waals surface area contributed by atoms with Gasteiger partial charge in [-0.05, 0) is 34.5 Å². The molecule has 0 bridgehead atoms. The van der Waals surface area contributed by atoms with Crippen LogP contribution in [-0.2, 0) is 6.54 Å². The average molecular weight is 326 g/mol. The topological polar surface area (TPSA) is 73.2 Å². The lowest BCUT2D eigenvalue weighted by molar-refractivity contribution is 0.395. The summed E-state index contributed by atoms with van der Waals surface area (Å²) in [6, 6.07) is 3.78. The van der Waals surface area contributed by atoms with Crippen molar-refractivity contribution in [3.05, 3.63) is 27.9 Å². The van der Waals surface area contributed by atoms with Crippen LogP contribution in [-0.4, -0.2) is 24.4 Å². The Bertz CT molecular complexity index is 596. The van der Waals surface area contributed by atoms with E-state index in [0.717, 1.165) is 32.7 Å². The van der Waals surface area contributed by atoms with E-state index in [9.17, 15) is 0 Å². The van der Waals surface area contributed by atoms with Gasteiger partial charge in [-0.25, -0.2) is 0 Å². The second kappa shape index (κ2) is 5.63. The number of hydrogen-bond donors (Lipinski definition) is 2. The summed E-state index contributed by atoms with van der Waals surface area (Å²) in [4.78, 5) is 0. The predicted octanol–water partition coefficient (Wildman–Crippen LogP) is 2.62. The van der Waals surface area contributed by atoms with Crippen molar-refractivity contribution in [3.63, 3.8) is 0 Å². The fourth-order valence-electron chi connectivity index (χ4n) is 1.97. The summed E-state index contributed by atoms with van der Waals surface area (Å²) < 4.78 is 11.5. The summed E-state index contributed by atoms with van der Waals surface area (Å²) >= 11 is 3.52. The van der Waals surface area contributed by atoms with E-state index in [4.69, 9.17) is 15.2 Å². The highest BCUT2D eigenvalue weighted by molar-refractivity contribution is 9.10. The van der Waals surface area contributed by atoms with Crippen LogP contribution in [0.4, 0.5) is 0 Å². The maximum absolute atomic E-state index is 5.64. The molecule has 0 unspecified atom stereocenters. The van der Waals surface area contributed by atoms with E-state index in [1.807, 2.05) is 19.1 Å². The fourth-order valence-corrected chi connectivity index (χ4v) is 2.51. The third-order valence-corrected chi connectivity index (χ3v) is 3.80. The van der Waals surface area contributed by atoms with E-state index in [1.54, 1.807) is 14.2 Å². The molecule has 2 rings (SSSR count). The predicted molar refractivity (Wildman–Crippen MR) is 77.5 cm³/mol. The van der Waals surface area contributed by atoms with Gasteiger partial charge >= 0.3 is 0 Å². The number of nitrogens with zero attached hydrogens (tertiary/aromatic N) is 1. The van der Waals surface area contributed by atoms with E-state index in [0.29, 0.717) is 12.3 Å². The number of ether oxygens (including phenoxy) is 2. The lowest BCUT2D eigenvalue weighted by Gasteiger charge is -2.12. The number of benzene rings is 1. The number of aromatic amines is 1. The Balaban J connectivity index is 2.63. The van der Waals surface area contributed by atoms with Gasteiger partial charge in [-0.1, -0.05) is 0 Å². The summed E-state index contributed by atoms with van der Waals surface area (Å²) in [5.41, 5.74) is 9.23. The van der Waals surface area contributed by atoms with Crippen molar-refractivity contribution in [2.45, 2.75) is 13.5 Å². The molecule has 1 aromatic carbocycles. The smallest absolute Gasteiger partial charge is 0.132 e. The molecule has 0 amide bonds. The Hall–Kier alpha value is -1.53. The largest absolute Gasteiger partial charge is 0.497 e. The Morgan fingerprint density at radius 2 is 2.05 bits per heavy atom. The molecule has 5 nitrogen and oxygen atoms in total. The first-order chi connectivity index (χ1) is 9.12. The van der Waals surface area contributed by atoms with Crippen LogP contribution >= 0.6 is 15.9 Å². The van der Waals surface area contributed by atoms with Gasteiger partial charge in [0.15, 0.2) is 0 Å². The van der Waals surface area contributed by atoms with Gasteiger partial charge in [0.05, 0.1) is 24.4 Å². The van der Waals surface area contributed by atoms with Gasteiger partial charge in [-0.3, -0.25) is 5.10 Å². The molecule has 102 valence electrons. The molecule has 1 aromatic heterocycles. The van der Waals surface area contributed by atoms with Crippen LogP contribution in [0.25, 0.3) is 11.3 Å². The van der Waals surface area contributed by atoms with Gasteiger partial charge in [0, 0.05) is 18.2 Å². The van der Waals surface area contributed by atoms with Crippen LogP contribution in [0.3, 0.4) is 0 Å². The molecule has 0 saturated heterocycles. The van der Waals surface area contributed by atoms with Crippen LogP contribution in [0, 0.1) is 6.92 Å². The quantitative estimate of drug-likeness (QED) is 0.906.